The molecule has 2 heterocycles. The minimum Gasteiger partial charge on any atom is -0.370 e. The molecule has 0 radical (unpaired) electrons. The second-order valence-electron chi connectivity index (χ2n) is 5.34. The van der Waals surface area contributed by atoms with Crippen LogP contribution in [0.15, 0.2) is 18.2 Å². The summed E-state index contributed by atoms with van der Waals surface area (Å²) in [7, 11) is 2.06. The van der Waals surface area contributed by atoms with E-state index in [2.05, 4.69) is 47.0 Å². The quantitative estimate of drug-likeness (QED) is 0.918. The molecule has 0 amide bonds. The van der Waals surface area contributed by atoms with Crippen LogP contribution in [0.4, 0.5) is 0 Å². The van der Waals surface area contributed by atoms with Crippen molar-refractivity contribution in [2.45, 2.75) is 32.5 Å². The highest BCUT2D eigenvalue weighted by molar-refractivity contribution is 5.76. The lowest BCUT2D eigenvalue weighted by molar-refractivity contribution is 0.0170. The van der Waals surface area contributed by atoms with Gasteiger partial charge in [0, 0.05) is 7.05 Å². The van der Waals surface area contributed by atoms with Crippen LogP contribution in [0, 0.1) is 6.92 Å². The van der Waals surface area contributed by atoms with E-state index in [4.69, 9.17) is 4.74 Å². The van der Waals surface area contributed by atoms with Gasteiger partial charge in [-0.05, 0) is 50.6 Å². The highest BCUT2D eigenvalue weighted by Gasteiger charge is 2.15. The molecule has 3 rings (SSSR count). The van der Waals surface area contributed by atoms with Crippen LogP contribution in [0.3, 0.4) is 0 Å². The van der Waals surface area contributed by atoms with Crippen LogP contribution in [0.2, 0.25) is 0 Å². The van der Waals surface area contributed by atoms with E-state index < -0.39 is 0 Å². The molecule has 1 aliphatic rings. The van der Waals surface area contributed by atoms with E-state index in [-0.39, 0.29) is 0 Å². The molecule has 1 saturated heterocycles. The van der Waals surface area contributed by atoms with Gasteiger partial charge in [0.2, 0.25) is 0 Å². The molecule has 0 saturated carbocycles. The first kappa shape index (κ1) is 12.6. The third-order valence-electron chi connectivity index (χ3n) is 3.86. The maximum Gasteiger partial charge on any atom is 0.135 e. The van der Waals surface area contributed by atoms with Gasteiger partial charge < -0.3 is 14.6 Å². The molecular weight excluding hydrogens is 238 g/mol. The Morgan fingerprint density at radius 3 is 2.95 bits per heavy atom. The molecule has 0 aliphatic carbocycles. The lowest BCUT2D eigenvalue weighted by Crippen LogP contribution is -2.32. The summed E-state index contributed by atoms with van der Waals surface area (Å²) in [6.45, 7) is 4.83. The molecule has 1 aromatic carbocycles. The number of aryl methyl sites for hydroxylation is 2. The predicted molar refractivity (Wildman–Crippen MR) is 76.1 cm³/mol. The average molecular weight is 259 g/mol. The maximum absolute atomic E-state index is 5.99. The Kier molecular flexibility index (Phi) is 3.53. The minimum absolute atomic E-state index is 0.378. The zero-order valence-corrected chi connectivity index (χ0v) is 11.6. The van der Waals surface area contributed by atoms with Crippen molar-refractivity contribution >= 4 is 11.0 Å². The fourth-order valence-corrected chi connectivity index (χ4v) is 2.64. The summed E-state index contributed by atoms with van der Waals surface area (Å²) >= 11 is 0. The molecule has 1 N–H and O–H groups in total. The first-order valence-electron chi connectivity index (χ1n) is 6.98. The monoisotopic (exact) mass is 259 g/mol. The van der Waals surface area contributed by atoms with Gasteiger partial charge in [-0.3, -0.25) is 0 Å². The van der Waals surface area contributed by atoms with Gasteiger partial charge >= 0.3 is 0 Å². The molecule has 0 atom stereocenters. The lowest BCUT2D eigenvalue weighted by atomic mass is 10.1. The van der Waals surface area contributed by atoms with Crippen LogP contribution in [0.5, 0.6) is 0 Å². The van der Waals surface area contributed by atoms with Crippen molar-refractivity contribution in [3.63, 3.8) is 0 Å². The smallest absolute Gasteiger partial charge is 0.135 e. The number of piperidine rings is 1. The van der Waals surface area contributed by atoms with Crippen molar-refractivity contribution in [2.75, 3.05) is 13.1 Å². The number of nitrogens with zero attached hydrogens (tertiary/aromatic N) is 2. The number of fused-ring (bicyclic) bond motifs is 1. The van der Waals surface area contributed by atoms with Crippen LogP contribution in [-0.2, 0) is 18.4 Å². The lowest BCUT2D eigenvalue weighted by Gasteiger charge is -2.22. The number of hydrogen-bond acceptors (Lipinski definition) is 3. The van der Waals surface area contributed by atoms with E-state index in [0.29, 0.717) is 12.7 Å². The first-order valence-corrected chi connectivity index (χ1v) is 6.98. The molecule has 1 aliphatic heterocycles. The minimum atomic E-state index is 0.378. The van der Waals surface area contributed by atoms with Gasteiger partial charge in [-0.1, -0.05) is 6.07 Å². The summed E-state index contributed by atoms with van der Waals surface area (Å²) in [4.78, 5) is 4.68. The van der Waals surface area contributed by atoms with Gasteiger partial charge in [-0.2, -0.15) is 0 Å². The third-order valence-corrected chi connectivity index (χ3v) is 3.86. The molecular formula is C15H21N3O. The van der Waals surface area contributed by atoms with Gasteiger partial charge in [0.25, 0.3) is 0 Å². The average Bonchev–Trinajstić information content (AvgIpc) is 2.74. The van der Waals surface area contributed by atoms with Crippen molar-refractivity contribution in [2.24, 2.45) is 7.05 Å². The Hall–Kier alpha value is -1.39. The van der Waals surface area contributed by atoms with E-state index >= 15 is 0 Å². The molecule has 102 valence electrons. The van der Waals surface area contributed by atoms with E-state index in [1.54, 1.807) is 0 Å². The molecule has 4 nitrogen and oxygen atoms in total. The van der Waals surface area contributed by atoms with Crippen LogP contribution in [-0.4, -0.2) is 28.7 Å². The fourth-order valence-electron chi connectivity index (χ4n) is 2.64. The number of benzene rings is 1. The Morgan fingerprint density at radius 2 is 2.16 bits per heavy atom. The number of aromatic nitrogens is 2. The summed E-state index contributed by atoms with van der Waals surface area (Å²) < 4.78 is 8.12. The van der Waals surface area contributed by atoms with Crippen LogP contribution in [0.25, 0.3) is 11.0 Å². The van der Waals surface area contributed by atoms with Crippen LogP contribution < -0.4 is 5.32 Å². The third kappa shape index (κ3) is 2.65. The predicted octanol–water partition coefficient (Wildman–Crippen LogP) is 2.15. The van der Waals surface area contributed by atoms with Crippen LogP contribution >= 0.6 is 0 Å². The van der Waals surface area contributed by atoms with Gasteiger partial charge in [0.05, 0.1) is 17.1 Å². The summed E-state index contributed by atoms with van der Waals surface area (Å²) in [5.41, 5.74) is 3.48. The molecule has 4 heteroatoms. The topological polar surface area (TPSA) is 39.1 Å². The van der Waals surface area contributed by atoms with E-state index in [1.165, 1.54) is 11.1 Å². The van der Waals surface area contributed by atoms with Crippen molar-refractivity contribution < 1.29 is 4.74 Å². The second-order valence-corrected chi connectivity index (χ2v) is 5.34. The van der Waals surface area contributed by atoms with Crippen molar-refractivity contribution in [1.29, 1.82) is 0 Å². The Bertz CT molecular complexity index is 570. The van der Waals surface area contributed by atoms with Gasteiger partial charge in [0.1, 0.15) is 12.4 Å². The van der Waals surface area contributed by atoms with E-state index in [0.717, 1.165) is 37.3 Å². The SMILES string of the molecule is Cc1ccc2c(c1)nc(COC1CCNCC1)n2C. The van der Waals surface area contributed by atoms with E-state index in [9.17, 15) is 0 Å². The van der Waals surface area contributed by atoms with Gasteiger partial charge in [-0.25, -0.2) is 4.98 Å². The van der Waals surface area contributed by atoms with Gasteiger partial charge in [0.15, 0.2) is 0 Å². The van der Waals surface area contributed by atoms with Crippen molar-refractivity contribution in [1.82, 2.24) is 14.9 Å². The molecule has 2 aromatic rings. The maximum atomic E-state index is 5.99. The molecule has 19 heavy (non-hydrogen) atoms. The zero-order valence-electron chi connectivity index (χ0n) is 11.6. The summed E-state index contributed by atoms with van der Waals surface area (Å²) in [5.74, 6) is 1.01. The Labute approximate surface area is 113 Å². The number of imidazole rings is 1. The standard InChI is InChI=1S/C15H21N3O/c1-11-3-4-14-13(9-11)17-15(18(14)2)10-19-12-5-7-16-8-6-12/h3-4,9,12,16H,5-8,10H2,1-2H3. The molecule has 1 aromatic heterocycles. The summed E-state index contributed by atoms with van der Waals surface area (Å²) in [6.07, 6.45) is 2.58. The normalized spacial score (nSPS) is 17.2. The molecule has 0 spiro atoms. The number of rotatable bonds is 3. The van der Waals surface area contributed by atoms with Crippen molar-refractivity contribution in [3.05, 3.63) is 29.6 Å². The zero-order chi connectivity index (χ0) is 13.2. The number of nitrogens with one attached hydrogen (secondary N) is 1. The Morgan fingerprint density at radius 1 is 1.37 bits per heavy atom. The number of ether oxygens (including phenoxy) is 1. The molecule has 0 bridgehead atoms. The Balaban J connectivity index is 1.75. The van der Waals surface area contributed by atoms with E-state index in [1.807, 2.05) is 0 Å². The molecule has 0 unspecified atom stereocenters. The fraction of sp³-hybridized carbons (Fsp3) is 0.533. The first-order chi connectivity index (χ1) is 9.24. The second kappa shape index (κ2) is 5.31. The van der Waals surface area contributed by atoms with Crippen LogP contribution in [0.1, 0.15) is 24.2 Å². The van der Waals surface area contributed by atoms with Crippen molar-refractivity contribution in [3.8, 4) is 0 Å². The largest absolute Gasteiger partial charge is 0.370 e. The number of hydrogen-bond donors (Lipinski definition) is 1. The summed E-state index contributed by atoms with van der Waals surface area (Å²) in [5, 5.41) is 3.35. The molecule has 1 fully saturated rings. The highest BCUT2D eigenvalue weighted by Crippen LogP contribution is 2.18. The van der Waals surface area contributed by atoms with Gasteiger partial charge in [-0.15, -0.1) is 0 Å². The summed E-state index contributed by atoms with van der Waals surface area (Å²) in [6, 6.07) is 6.39. The highest BCUT2D eigenvalue weighted by atomic mass is 16.5.